The molecule has 0 saturated carbocycles. The Labute approximate surface area is 715 Å². The topological polar surface area (TPSA) is 63.2 Å². The van der Waals surface area contributed by atoms with Crippen LogP contribution in [0.15, 0.2) is 243 Å². The zero-order valence-electron chi connectivity index (χ0n) is 72.0. The molecule has 6 nitrogen and oxygen atoms in total. The van der Waals surface area contributed by atoms with E-state index in [1.807, 2.05) is 80.6 Å². The molecule has 0 spiro atoms. The van der Waals surface area contributed by atoms with Crippen LogP contribution in [0.2, 0.25) is 0 Å². The fourth-order valence-corrected chi connectivity index (χ4v) is 13.3. The van der Waals surface area contributed by atoms with Crippen molar-refractivity contribution in [2.24, 2.45) is 0 Å². The number of fused-ring (bicyclic) bond motifs is 4. The minimum atomic E-state index is -5.56. The maximum Gasteiger partial charge on any atom is 0.422 e. The Morgan fingerprint density at radius 3 is 1.06 bits per heavy atom. The van der Waals surface area contributed by atoms with Gasteiger partial charge in [0.1, 0.15) is 36.9 Å². The minimum absolute atomic E-state index is 0.000278. The van der Waals surface area contributed by atoms with Gasteiger partial charge in [0.05, 0.1) is 43.1 Å². The van der Waals surface area contributed by atoms with Crippen LogP contribution >= 0.6 is 0 Å². The molecule has 0 saturated heterocycles. The summed E-state index contributed by atoms with van der Waals surface area (Å²) >= 11 is 0. The Kier molecular flexibility index (Phi) is 35.2. The molecule has 0 aliphatic rings. The third-order valence-electron chi connectivity index (χ3n) is 22.4. The predicted octanol–water partition coefficient (Wildman–Crippen LogP) is 31.0. The molecule has 13 aromatic rings. The van der Waals surface area contributed by atoms with E-state index in [2.05, 4.69) is 228 Å². The summed E-state index contributed by atoms with van der Waals surface area (Å²) in [5.74, 6) is -14.9. The Balaban J connectivity index is 0.000000175. The molecule has 123 heavy (non-hydrogen) atoms. The van der Waals surface area contributed by atoms with Crippen molar-refractivity contribution in [1.82, 2.24) is 0 Å². The molecule has 18 heteroatoms. The highest BCUT2D eigenvalue weighted by Gasteiger charge is 2.42. The summed E-state index contributed by atoms with van der Waals surface area (Å²) in [6.07, 6.45) is -0.192. The van der Waals surface area contributed by atoms with Crippen LogP contribution in [0.25, 0.3) is 32.3 Å². The summed E-state index contributed by atoms with van der Waals surface area (Å²) in [7, 11) is 0. The molecule has 5 atom stereocenters. The number of benzene rings is 13. The number of rotatable bonds is 27. The second-order valence-electron chi connectivity index (χ2n) is 32.0. The first-order chi connectivity index (χ1) is 58.8. The Hall–Kier alpha value is -11.2. The standard InChI is InChI=1S/C25H24O.C22H28O2.C21H22O.C19H17F7O.C18H17F5O/c1-3-18(2)20-14-12-19(13-15-20)17-26-25-16-21-8-4-5-9-22(21)23-10-6-7-11-24(23)25;1-6-16(2)18-9-11-19(12-10-18)21(23)24-15-17-7-13-20(14-8-17)22(3,4)5;1-3-16(2)18-10-8-17(9-11-18)15-22-21-13-12-19-6-4-5-7-20(19)14-21;1-3-10(2)12-6-4-11(5-7-12)8-27-9-13-15(20)17(22)14(19(24,25)26)18(23)16(13)21;1-3-10(2)12-6-4-11(5-7-12)8-24-9-13-14(19)16(21)18(23)17(22)15(13)20/h4-16,18H,3,17H2,1-2H3;7-14,16H,6,15H2,1-5H3;4-14,16H,3,15H2,1-2H3;4-7,10H,3,8-9H2,1-2H3;4-7,10H,3,8-9H2,1-2H3. The van der Waals surface area contributed by atoms with Crippen LogP contribution < -0.4 is 9.47 Å². The van der Waals surface area contributed by atoms with Crippen LogP contribution in [-0.4, -0.2) is 5.97 Å². The largest absolute Gasteiger partial charge is 0.489 e. The number of carbonyl (C=O) groups excluding carboxylic acids is 1. The molecule has 13 aromatic carbocycles. The number of halogens is 12. The van der Waals surface area contributed by atoms with E-state index in [0.29, 0.717) is 60.5 Å². The van der Waals surface area contributed by atoms with E-state index in [0.717, 1.165) is 53.0 Å². The lowest BCUT2D eigenvalue weighted by Crippen LogP contribution is -2.17. The van der Waals surface area contributed by atoms with E-state index < -0.39 is 88.4 Å². The smallest absolute Gasteiger partial charge is 0.422 e. The van der Waals surface area contributed by atoms with Gasteiger partial charge < -0.3 is 23.7 Å². The highest BCUT2D eigenvalue weighted by molar-refractivity contribution is 6.10. The number of hydrogen-bond acceptors (Lipinski definition) is 6. The Morgan fingerprint density at radius 1 is 0.317 bits per heavy atom. The van der Waals surface area contributed by atoms with Crippen molar-refractivity contribution in [3.8, 4) is 11.5 Å². The van der Waals surface area contributed by atoms with E-state index >= 15 is 0 Å². The molecule has 13 rings (SSSR count). The Bertz CT molecular complexity index is 5500. The molecule has 0 fully saturated rings. The monoisotopic (exact) mass is 1690 g/mol. The fraction of sp³-hybridized carbons (Fsp3) is 0.305. The summed E-state index contributed by atoms with van der Waals surface area (Å²) in [4.78, 5) is 12.2. The van der Waals surface area contributed by atoms with Crippen molar-refractivity contribution in [1.29, 1.82) is 0 Å². The van der Waals surface area contributed by atoms with E-state index in [1.54, 1.807) is 24.3 Å². The molecule has 0 aliphatic heterocycles. The van der Waals surface area contributed by atoms with Crippen molar-refractivity contribution < 1.29 is 81.2 Å². The molecule has 0 bridgehead atoms. The van der Waals surface area contributed by atoms with E-state index in [-0.39, 0.29) is 24.6 Å². The van der Waals surface area contributed by atoms with Gasteiger partial charge in [-0.1, -0.05) is 302 Å². The van der Waals surface area contributed by atoms with Crippen molar-refractivity contribution in [2.45, 2.75) is 210 Å². The van der Waals surface area contributed by atoms with Crippen LogP contribution in [-0.2, 0) is 72.1 Å². The van der Waals surface area contributed by atoms with Gasteiger partial charge in [0.25, 0.3) is 0 Å². The minimum Gasteiger partial charge on any atom is -0.489 e. The van der Waals surface area contributed by atoms with Gasteiger partial charge in [-0.3, -0.25) is 0 Å². The van der Waals surface area contributed by atoms with Gasteiger partial charge >= 0.3 is 12.1 Å². The Morgan fingerprint density at radius 2 is 0.650 bits per heavy atom. The molecule has 0 radical (unpaired) electrons. The number of alkyl halides is 3. The first kappa shape index (κ1) is 95.6. The number of hydrogen-bond donors (Lipinski definition) is 0. The number of esters is 1. The second kappa shape index (κ2) is 45.3. The molecular weight excluding hydrogens is 1590 g/mol. The average molecular weight is 1690 g/mol. The fourth-order valence-electron chi connectivity index (χ4n) is 13.3. The second-order valence-corrected chi connectivity index (χ2v) is 32.0. The molecule has 0 amide bonds. The molecule has 5 unspecified atom stereocenters. The van der Waals surface area contributed by atoms with E-state index in [4.69, 9.17) is 23.7 Å². The highest BCUT2D eigenvalue weighted by atomic mass is 19.4. The quantitative estimate of drug-likeness (QED) is 0.0168. The van der Waals surface area contributed by atoms with Crippen LogP contribution in [0.1, 0.15) is 240 Å². The maximum atomic E-state index is 13.8. The van der Waals surface area contributed by atoms with Crippen molar-refractivity contribution in [3.63, 3.8) is 0 Å². The SMILES string of the molecule is CCC(C)c1ccc(C(=O)OCc2ccc(C(C)(C)C)cc2)cc1.CCC(C)c1ccc(COCc2c(F)c(F)c(C(F)(F)F)c(F)c2F)cc1.CCC(C)c1ccc(COCc2c(F)c(F)c(F)c(F)c2F)cc1.CCC(C)c1ccc(COc2cc3ccccc3c3ccccc23)cc1.CCC(C)c1ccc(COc2ccc3ccccc3c2)cc1. The predicted molar refractivity (Wildman–Crippen MR) is 469 cm³/mol. The first-order valence-electron chi connectivity index (χ1n) is 41.7. The maximum absolute atomic E-state index is 13.8. The molecule has 0 aliphatic carbocycles. The van der Waals surface area contributed by atoms with Crippen LogP contribution in [0.5, 0.6) is 11.5 Å². The van der Waals surface area contributed by atoms with Gasteiger partial charge in [-0.25, -0.2) is 44.3 Å². The summed E-state index contributed by atoms with van der Waals surface area (Å²) in [5.41, 5.74) is 8.31. The van der Waals surface area contributed by atoms with Crippen LogP contribution in [0, 0.1) is 52.4 Å². The summed E-state index contributed by atoms with van der Waals surface area (Å²) in [5, 5.41) is 7.36. The number of carbonyl (C=O) groups is 1. The molecule has 0 aromatic heterocycles. The van der Waals surface area contributed by atoms with Crippen LogP contribution in [0.3, 0.4) is 0 Å². The zero-order chi connectivity index (χ0) is 89.2. The highest BCUT2D eigenvalue weighted by Crippen LogP contribution is 2.39. The first-order valence-corrected chi connectivity index (χ1v) is 41.7. The summed E-state index contributed by atoms with van der Waals surface area (Å²) < 4.78 is 186. The van der Waals surface area contributed by atoms with Crippen molar-refractivity contribution in [3.05, 3.63) is 378 Å². The third kappa shape index (κ3) is 26.2. The van der Waals surface area contributed by atoms with Gasteiger partial charge in [-0.2, -0.15) is 13.2 Å². The normalized spacial score (nSPS) is 12.6. The van der Waals surface area contributed by atoms with Gasteiger partial charge in [0, 0.05) is 5.39 Å². The van der Waals surface area contributed by atoms with Gasteiger partial charge in [0.2, 0.25) is 5.82 Å². The van der Waals surface area contributed by atoms with Gasteiger partial charge in [-0.05, 0) is 186 Å². The van der Waals surface area contributed by atoms with Crippen LogP contribution in [0.4, 0.5) is 52.7 Å². The zero-order valence-corrected chi connectivity index (χ0v) is 72.0. The molecule has 648 valence electrons. The van der Waals surface area contributed by atoms with E-state index in [9.17, 15) is 57.5 Å². The van der Waals surface area contributed by atoms with Crippen molar-refractivity contribution in [2.75, 3.05) is 0 Å². The molecule has 0 heterocycles. The van der Waals surface area contributed by atoms with Gasteiger partial charge in [0.15, 0.2) is 46.5 Å². The lowest BCUT2D eigenvalue weighted by molar-refractivity contribution is -0.143. The summed E-state index contributed by atoms with van der Waals surface area (Å²) in [6.45, 7) is 27.9. The van der Waals surface area contributed by atoms with Crippen molar-refractivity contribution >= 4 is 38.3 Å². The number of ether oxygens (including phenoxy) is 5. The van der Waals surface area contributed by atoms with E-state index in [1.165, 1.54) is 78.5 Å². The lowest BCUT2D eigenvalue weighted by Gasteiger charge is -2.19. The van der Waals surface area contributed by atoms with Gasteiger partial charge in [-0.15, -0.1) is 0 Å². The molecular formula is C105H108F12O6. The summed E-state index contributed by atoms with van der Waals surface area (Å²) in [6, 6.07) is 81.9. The average Bonchev–Trinajstić information content (AvgIpc) is 0.765. The lowest BCUT2D eigenvalue weighted by atomic mass is 9.87. The molecule has 0 N–H and O–H groups in total. The third-order valence-corrected chi connectivity index (χ3v) is 22.4.